The van der Waals surface area contributed by atoms with E-state index in [9.17, 15) is 4.79 Å². The average molecular weight is 384 g/mol. The van der Waals surface area contributed by atoms with Gasteiger partial charge in [0.1, 0.15) is 17.2 Å². The molecule has 0 saturated carbocycles. The van der Waals surface area contributed by atoms with Crippen molar-refractivity contribution in [2.75, 3.05) is 19.5 Å². The molecule has 0 fully saturated rings. The molecule has 0 spiro atoms. The first-order chi connectivity index (χ1) is 13.1. The van der Waals surface area contributed by atoms with Gasteiger partial charge in [0.25, 0.3) is 5.91 Å². The molecule has 0 aliphatic carbocycles. The fourth-order valence-electron chi connectivity index (χ4n) is 2.43. The summed E-state index contributed by atoms with van der Waals surface area (Å²) in [6.45, 7) is 1.70. The number of carbonyl (C=O) groups is 1. The van der Waals surface area contributed by atoms with E-state index in [0.717, 1.165) is 5.56 Å². The van der Waals surface area contributed by atoms with Crippen molar-refractivity contribution in [3.05, 3.63) is 53.9 Å². The van der Waals surface area contributed by atoms with E-state index in [-0.39, 0.29) is 5.91 Å². The molecule has 3 aromatic rings. The molecule has 0 aliphatic heterocycles. The van der Waals surface area contributed by atoms with Crippen molar-refractivity contribution < 1.29 is 19.0 Å². The number of benzene rings is 2. The minimum Gasteiger partial charge on any atom is -0.497 e. The van der Waals surface area contributed by atoms with Gasteiger partial charge in [-0.1, -0.05) is 18.2 Å². The maximum absolute atomic E-state index is 12.4. The number of aromatic nitrogens is 1. The lowest BCUT2D eigenvalue weighted by atomic mass is 10.1. The predicted octanol–water partition coefficient (Wildman–Crippen LogP) is 4.23. The summed E-state index contributed by atoms with van der Waals surface area (Å²) in [5, 5.41) is 5.14. The maximum Gasteiger partial charge on any atom is 0.266 e. The Kier molecular flexibility index (Phi) is 5.93. The van der Waals surface area contributed by atoms with E-state index in [4.69, 9.17) is 14.2 Å². The molecular formula is C20H20N2O4S. The molecule has 1 atom stereocenters. The summed E-state index contributed by atoms with van der Waals surface area (Å²) in [7, 11) is 3.20. The number of rotatable bonds is 7. The number of ether oxygens (including phenoxy) is 3. The Balaban J connectivity index is 1.72. The van der Waals surface area contributed by atoms with Crippen LogP contribution in [0.2, 0.25) is 0 Å². The molecule has 2 aromatic carbocycles. The number of anilines is 1. The van der Waals surface area contributed by atoms with E-state index in [2.05, 4.69) is 10.3 Å². The van der Waals surface area contributed by atoms with E-state index in [1.807, 2.05) is 41.8 Å². The summed E-state index contributed by atoms with van der Waals surface area (Å²) in [5.74, 6) is 1.76. The van der Waals surface area contributed by atoms with Crippen LogP contribution < -0.4 is 19.5 Å². The van der Waals surface area contributed by atoms with E-state index in [1.165, 1.54) is 11.3 Å². The van der Waals surface area contributed by atoms with Crippen LogP contribution in [-0.2, 0) is 4.79 Å². The highest BCUT2D eigenvalue weighted by atomic mass is 32.1. The first kappa shape index (κ1) is 18.7. The molecule has 0 unspecified atom stereocenters. The third-order valence-corrected chi connectivity index (χ3v) is 4.60. The van der Waals surface area contributed by atoms with Crippen molar-refractivity contribution in [3.63, 3.8) is 0 Å². The fraction of sp³-hybridized carbons (Fsp3) is 0.200. The van der Waals surface area contributed by atoms with Crippen molar-refractivity contribution in [2.45, 2.75) is 13.0 Å². The molecule has 1 N–H and O–H groups in total. The van der Waals surface area contributed by atoms with Gasteiger partial charge in [0.05, 0.1) is 19.9 Å². The van der Waals surface area contributed by atoms with Gasteiger partial charge in [-0.2, -0.15) is 0 Å². The number of nitrogens with one attached hydrogen (secondary N) is 1. The maximum atomic E-state index is 12.4. The van der Waals surface area contributed by atoms with E-state index < -0.39 is 6.10 Å². The number of para-hydroxylation sites is 1. The molecule has 140 valence electrons. The molecule has 0 bridgehead atoms. The molecule has 6 nitrogen and oxygen atoms in total. The van der Waals surface area contributed by atoms with E-state index in [0.29, 0.717) is 28.1 Å². The standard InChI is InChI=1S/C20H20N2O4S/c1-13(26-14-7-5-4-6-8-14)19(23)22-20-21-17(12-27-20)16-11-15(24-2)9-10-18(16)25-3/h4-13H,1-3H3,(H,21,22,23)/t13-/m0/s1. The van der Waals surface area contributed by atoms with Crippen LogP contribution >= 0.6 is 11.3 Å². The number of hydrogen-bond donors (Lipinski definition) is 1. The van der Waals surface area contributed by atoms with E-state index >= 15 is 0 Å². The van der Waals surface area contributed by atoms with Crippen LogP contribution in [0.1, 0.15) is 6.92 Å². The quantitative estimate of drug-likeness (QED) is 0.660. The van der Waals surface area contributed by atoms with Gasteiger partial charge in [-0.05, 0) is 37.3 Å². The van der Waals surface area contributed by atoms with Crippen molar-refractivity contribution in [2.24, 2.45) is 0 Å². The van der Waals surface area contributed by atoms with Gasteiger partial charge in [0.2, 0.25) is 0 Å². The van der Waals surface area contributed by atoms with Crippen molar-refractivity contribution >= 4 is 22.4 Å². The van der Waals surface area contributed by atoms with Crippen molar-refractivity contribution in [1.82, 2.24) is 4.98 Å². The zero-order valence-electron chi connectivity index (χ0n) is 15.3. The second-order valence-corrected chi connectivity index (χ2v) is 6.52. The monoisotopic (exact) mass is 384 g/mol. The first-order valence-electron chi connectivity index (χ1n) is 8.31. The molecule has 7 heteroatoms. The molecule has 0 aliphatic rings. The lowest BCUT2D eigenvalue weighted by Gasteiger charge is -2.13. The smallest absolute Gasteiger partial charge is 0.266 e. The Morgan fingerprint density at radius 2 is 1.85 bits per heavy atom. The summed E-state index contributed by atoms with van der Waals surface area (Å²) in [6.07, 6.45) is -0.647. The molecule has 0 saturated heterocycles. The molecule has 0 radical (unpaired) electrons. The van der Waals surface area contributed by atoms with Gasteiger partial charge in [-0.25, -0.2) is 4.98 Å². The Bertz CT molecular complexity index is 911. The number of nitrogens with zero attached hydrogens (tertiary/aromatic N) is 1. The number of carbonyl (C=O) groups excluding carboxylic acids is 1. The molecule has 27 heavy (non-hydrogen) atoms. The van der Waals surface area contributed by atoms with Crippen LogP contribution in [0.5, 0.6) is 17.2 Å². The Morgan fingerprint density at radius 1 is 1.07 bits per heavy atom. The summed E-state index contributed by atoms with van der Waals surface area (Å²) in [5.41, 5.74) is 1.49. The van der Waals surface area contributed by atoms with Gasteiger partial charge < -0.3 is 14.2 Å². The summed E-state index contributed by atoms with van der Waals surface area (Å²) in [4.78, 5) is 16.9. The lowest BCUT2D eigenvalue weighted by molar-refractivity contribution is -0.122. The molecule has 1 aromatic heterocycles. The SMILES string of the molecule is COc1ccc(OC)c(-c2csc(NC(=O)[C@H](C)Oc3ccccc3)n2)c1. The van der Waals surface area contributed by atoms with Crippen LogP contribution in [0.25, 0.3) is 11.3 Å². The zero-order chi connectivity index (χ0) is 19.2. The van der Waals surface area contributed by atoms with Crippen molar-refractivity contribution in [1.29, 1.82) is 0 Å². The van der Waals surface area contributed by atoms with Gasteiger partial charge in [0, 0.05) is 10.9 Å². The zero-order valence-corrected chi connectivity index (χ0v) is 16.1. The number of thiazole rings is 1. The highest BCUT2D eigenvalue weighted by Gasteiger charge is 2.17. The van der Waals surface area contributed by atoms with Gasteiger partial charge in [-0.3, -0.25) is 10.1 Å². The highest BCUT2D eigenvalue weighted by Crippen LogP contribution is 2.35. The van der Waals surface area contributed by atoms with Gasteiger partial charge in [0.15, 0.2) is 11.2 Å². The topological polar surface area (TPSA) is 69.7 Å². The summed E-state index contributed by atoms with van der Waals surface area (Å²) >= 11 is 1.33. The minimum atomic E-state index is -0.647. The summed E-state index contributed by atoms with van der Waals surface area (Å²) in [6, 6.07) is 14.7. The van der Waals surface area contributed by atoms with Gasteiger partial charge in [-0.15, -0.1) is 11.3 Å². The molecule has 1 amide bonds. The van der Waals surface area contributed by atoms with Crippen LogP contribution in [0, 0.1) is 0 Å². The van der Waals surface area contributed by atoms with Crippen LogP contribution in [0.15, 0.2) is 53.9 Å². The van der Waals surface area contributed by atoms with Crippen LogP contribution in [0.3, 0.4) is 0 Å². The average Bonchev–Trinajstić information content (AvgIpc) is 3.16. The molecule has 3 rings (SSSR count). The third-order valence-electron chi connectivity index (χ3n) is 3.84. The fourth-order valence-corrected chi connectivity index (χ4v) is 3.15. The largest absolute Gasteiger partial charge is 0.497 e. The predicted molar refractivity (Wildman–Crippen MR) is 106 cm³/mol. The Labute approximate surface area is 161 Å². The molecule has 1 heterocycles. The first-order valence-corrected chi connectivity index (χ1v) is 9.19. The van der Waals surface area contributed by atoms with E-state index in [1.54, 1.807) is 33.3 Å². The summed E-state index contributed by atoms with van der Waals surface area (Å²) < 4.78 is 16.3. The lowest BCUT2D eigenvalue weighted by Crippen LogP contribution is -2.30. The third kappa shape index (κ3) is 4.57. The molecular weight excluding hydrogens is 364 g/mol. The van der Waals surface area contributed by atoms with Crippen LogP contribution in [0.4, 0.5) is 5.13 Å². The van der Waals surface area contributed by atoms with Gasteiger partial charge >= 0.3 is 0 Å². The number of hydrogen-bond acceptors (Lipinski definition) is 6. The normalized spacial score (nSPS) is 11.5. The number of amides is 1. The second kappa shape index (κ2) is 8.55. The van der Waals surface area contributed by atoms with Crippen molar-refractivity contribution in [3.8, 4) is 28.5 Å². The number of methoxy groups -OCH3 is 2. The highest BCUT2D eigenvalue weighted by molar-refractivity contribution is 7.14. The minimum absolute atomic E-state index is 0.266. The second-order valence-electron chi connectivity index (χ2n) is 5.67. The Hall–Kier alpha value is -3.06. The van der Waals surface area contributed by atoms with Crippen LogP contribution in [-0.4, -0.2) is 31.2 Å². The Morgan fingerprint density at radius 3 is 2.56 bits per heavy atom.